The third-order valence-electron chi connectivity index (χ3n) is 6.66. The van der Waals surface area contributed by atoms with E-state index in [4.69, 9.17) is 14.1 Å². The second-order valence-electron chi connectivity index (χ2n) is 8.91. The Hall–Kier alpha value is -2.28. The summed E-state index contributed by atoms with van der Waals surface area (Å²) in [6.45, 7) is 10.1. The van der Waals surface area contributed by atoms with Gasteiger partial charge in [0, 0.05) is 61.5 Å². The van der Waals surface area contributed by atoms with E-state index in [1.165, 1.54) is 21.7 Å². The van der Waals surface area contributed by atoms with Gasteiger partial charge in [0.15, 0.2) is 11.0 Å². The summed E-state index contributed by atoms with van der Waals surface area (Å²) in [4.78, 5) is 8.70. The van der Waals surface area contributed by atoms with Crippen molar-refractivity contribution in [1.82, 2.24) is 10.3 Å². The van der Waals surface area contributed by atoms with Crippen LogP contribution in [0.25, 0.3) is 11.3 Å². The van der Waals surface area contributed by atoms with Crippen LogP contribution in [-0.4, -0.2) is 44.4 Å². The molecular weight excluding hydrogens is 430 g/mol. The number of piperazine rings is 1. The zero-order valence-electron chi connectivity index (χ0n) is 19.6. The molecule has 2 aliphatic rings. The molecule has 0 atom stereocenters. The fourth-order valence-corrected chi connectivity index (χ4v) is 5.53. The second kappa shape index (κ2) is 10.3. The van der Waals surface area contributed by atoms with Gasteiger partial charge in [0.05, 0.1) is 0 Å². The van der Waals surface area contributed by atoms with Gasteiger partial charge in [-0.15, -0.1) is 0 Å². The van der Waals surface area contributed by atoms with Crippen molar-refractivity contribution in [1.29, 1.82) is 0 Å². The Labute approximate surface area is 200 Å². The molecule has 2 aliphatic heterocycles. The maximum absolute atomic E-state index is 6.45. The SMILES string of the molecule is CCc1ccc(Sc2oc(C3CCOCC3)nc2-c2ccc(N3CCNCC3)cc2)c(C)c1. The first-order valence-electron chi connectivity index (χ1n) is 12.1. The highest BCUT2D eigenvalue weighted by molar-refractivity contribution is 7.99. The molecule has 2 fully saturated rings. The molecule has 0 unspecified atom stereocenters. The van der Waals surface area contributed by atoms with Gasteiger partial charge in [-0.05, 0) is 67.3 Å². The van der Waals surface area contributed by atoms with E-state index in [1.807, 2.05) is 0 Å². The largest absolute Gasteiger partial charge is 0.433 e. The highest BCUT2D eigenvalue weighted by atomic mass is 32.2. The summed E-state index contributed by atoms with van der Waals surface area (Å²) in [5.41, 5.74) is 5.98. The lowest BCUT2D eigenvalue weighted by Gasteiger charge is -2.29. The van der Waals surface area contributed by atoms with Crippen LogP contribution in [0.4, 0.5) is 5.69 Å². The van der Waals surface area contributed by atoms with Gasteiger partial charge in [-0.2, -0.15) is 0 Å². The first-order valence-corrected chi connectivity index (χ1v) is 12.9. The normalized spacial score (nSPS) is 17.5. The average molecular weight is 464 g/mol. The van der Waals surface area contributed by atoms with Crippen LogP contribution in [0.3, 0.4) is 0 Å². The summed E-state index contributed by atoms with van der Waals surface area (Å²) in [6.07, 6.45) is 2.99. The summed E-state index contributed by atoms with van der Waals surface area (Å²) in [7, 11) is 0. The fraction of sp³-hybridized carbons (Fsp3) is 0.444. The number of nitrogens with zero attached hydrogens (tertiary/aromatic N) is 2. The third kappa shape index (κ3) is 5.13. The Kier molecular flexibility index (Phi) is 7.04. The summed E-state index contributed by atoms with van der Waals surface area (Å²) in [5.74, 6) is 1.18. The van der Waals surface area contributed by atoms with Crippen LogP contribution in [0.1, 0.15) is 42.7 Å². The molecule has 0 spiro atoms. The van der Waals surface area contributed by atoms with Crippen molar-refractivity contribution in [3.8, 4) is 11.3 Å². The van der Waals surface area contributed by atoms with Gasteiger partial charge < -0.3 is 19.4 Å². The number of aromatic nitrogens is 1. The van der Waals surface area contributed by atoms with Crippen LogP contribution in [0.5, 0.6) is 0 Å². The smallest absolute Gasteiger partial charge is 0.199 e. The number of aryl methyl sites for hydroxylation is 2. The van der Waals surface area contributed by atoms with Gasteiger partial charge in [-0.3, -0.25) is 0 Å². The Bertz CT molecular complexity index is 1070. The van der Waals surface area contributed by atoms with Gasteiger partial charge in [0.2, 0.25) is 0 Å². The van der Waals surface area contributed by atoms with Crippen LogP contribution in [0.15, 0.2) is 56.9 Å². The average Bonchev–Trinajstić information content (AvgIpc) is 3.30. The predicted molar refractivity (Wildman–Crippen MR) is 134 cm³/mol. The Morgan fingerprint density at radius 1 is 1.06 bits per heavy atom. The number of ether oxygens (including phenoxy) is 1. The van der Waals surface area contributed by atoms with Gasteiger partial charge >= 0.3 is 0 Å². The van der Waals surface area contributed by atoms with E-state index in [0.717, 1.165) is 80.9 Å². The van der Waals surface area contributed by atoms with Crippen molar-refractivity contribution >= 4 is 17.4 Å². The van der Waals surface area contributed by atoms with E-state index in [1.54, 1.807) is 11.8 Å². The van der Waals surface area contributed by atoms with Crippen LogP contribution >= 0.6 is 11.8 Å². The zero-order valence-corrected chi connectivity index (χ0v) is 20.4. The molecule has 33 heavy (non-hydrogen) atoms. The maximum atomic E-state index is 6.45. The number of hydrogen-bond donors (Lipinski definition) is 1. The van der Waals surface area contributed by atoms with Crippen molar-refractivity contribution in [3.05, 3.63) is 59.5 Å². The maximum Gasteiger partial charge on any atom is 0.199 e. The van der Waals surface area contributed by atoms with Crippen LogP contribution in [-0.2, 0) is 11.2 Å². The number of rotatable bonds is 6. The Balaban J connectivity index is 1.46. The molecule has 5 rings (SSSR count). The molecule has 0 bridgehead atoms. The molecule has 1 aromatic heterocycles. The molecule has 6 heteroatoms. The quantitative estimate of drug-likeness (QED) is 0.509. The number of benzene rings is 2. The van der Waals surface area contributed by atoms with Crippen molar-refractivity contribution < 1.29 is 9.15 Å². The Morgan fingerprint density at radius 2 is 1.82 bits per heavy atom. The standard InChI is InChI=1S/C27H33N3O2S/c1-3-20-4-9-24(19(2)18-20)33-27-25(29-26(32-27)22-10-16-31-17-11-22)21-5-7-23(8-6-21)30-14-12-28-13-15-30/h4-9,18,22,28H,3,10-17H2,1-2H3. The molecule has 0 radical (unpaired) electrons. The predicted octanol–water partition coefficient (Wildman–Crippen LogP) is 5.67. The van der Waals surface area contributed by atoms with E-state index in [2.05, 4.69) is 66.5 Å². The van der Waals surface area contributed by atoms with Gasteiger partial charge in [-0.25, -0.2) is 4.98 Å². The molecule has 0 aliphatic carbocycles. The molecule has 2 saturated heterocycles. The number of hydrogen-bond acceptors (Lipinski definition) is 6. The van der Waals surface area contributed by atoms with Crippen LogP contribution in [0.2, 0.25) is 0 Å². The molecule has 0 saturated carbocycles. The van der Waals surface area contributed by atoms with Crippen LogP contribution < -0.4 is 10.2 Å². The number of oxazole rings is 1. The summed E-state index contributed by atoms with van der Waals surface area (Å²) < 4.78 is 12.0. The van der Waals surface area contributed by atoms with Gasteiger partial charge in [0.1, 0.15) is 5.69 Å². The van der Waals surface area contributed by atoms with E-state index < -0.39 is 0 Å². The molecule has 3 heterocycles. The molecular formula is C27H33N3O2S. The summed E-state index contributed by atoms with van der Waals surface area (Å²) in [5, 5.41) is 4.31. The van der Waals surface area contributed by atoms with Crippen molar-refractivity contribution in [2.45, 2.75) is 49.0 Å². The van der Waals surface area contributed by atoms with E-state index in [9.17, 15) is 0 Å². The zero-order chi connectivity index (χ0) is 22.6. The van der Waals surface area contributed by atoms with E-state index in [-0.39, 0.29) is 0 Å². The third-order valence-corrected chi connectivity index (χ3v) is 7.80. The van der Waals surface area contributed by atoms with Gasteiger partial charge in [-0.1, -0.05) is 31.2 Å². The molecule has 2 aromatic carbocycles. The molecule has 5 nitrogen and oxygen atoms in total. The van der Waals surface area contributed by atoms with Gasteiger partial charge in [0.25, 0.3) is 0 Å². The highest BCUT2D eigenvalue weighted by Crippen LogP contribution is 2.41. The number of anilines is 1. The van der Waals surface area contributed by atoms with E-state index in [0.29, 0.717) is 5.92 Å². The van der Waals surface area contributed by atoms with Crippen molar-refractivity contribution in [3.63, 3.8) is 0 Å². The van der Waals surface area contributed by atoms with Crippen molar-refractivity contribution in [2.75, 3.05) is 44.3 Å². The lowest BCUT2D eigenvalue weighted by Crippen LogP contribution is -2.43. The minimum Gasteiger partial charge on any atom is -0.433 e. The second-order valence-corrected chi connectivity index (χ2v) is 9.93. The topological polar surface area (TPSA) is 50.5 Å². The minimum atomic E-state index is 0.329. The fourth-order valence-electron chi connectivity index (χ4n) is 4.59. The summed E-state index contributed by atoms with van der Waals surface area (Å²) >= 11 is 1.69. The monoisotopic (exact) mass is 463 g/mol. The lowest BCUT2D eigenvalue weighted by atomic mass is 10.0. The summed E-state index contributed by atoms with van der Waals surface area (Å²) in [6, 6.07) is 15.5. The lowest BCUT2D eigenvalue weighted by molar-refractivity contribution is 0.0786. The van der Waals surface area contributed by atoms with E-state index >= 15 is 0 Å². The molecule has 1 N–H and O–H groups in total. The van der Waals surface area contributed by atoms with Crippen molar-refractivity contribution in [2.24, 2.45) is 0 Å². The minimum absolute atomic E-state index is 0.329. The first kappa shape index (κ1) is 22.5. The van der Waals surface area contributed by atoms with Crippen LogP contribution in [0, 0.1) is 6.92 Å². The first-order chi connectivity index (χ1) is 16.2. The molecule has 3 aromatic rings. The highest BCUT2D eigenvalue weighted by Gasteiger charge is 2.25. The molecule has 174 valence electrons. The number of nitrogens with one attached hydrogen (secondary N) is 1. The Morgan fingerprint density at radius 3 is 2.52 bits per heavy atom. The molecule has 0 amide bonds.